The molecule has 7 heteroatoms. The predicted octanol–water partition coefficient (Wildman–Crippen LogP) is 2.83. The van der Waals surface area contributed by atoms with Gasteiger partial charge in [-0.25, -0.2) is 4.98 Å². The molecule has 0 saturated heterocycles. The number of hydrogen-bond donors (Lipinski definition) is 1. The maximum Gasteiger partial charge on any atom is 0.262 e. The van der Waals surface area contributed by atoms with E-state index in [9.17, 15) is 14.4 Å². The number of carbonyl (C=O) groups is 2. The van der Waals surface area contributed by atoms with Crippen molar-refractivity contribution >= 4 is 34.4 Å². The molecule has 6 nitrogen and oxygen atoms in total. The average molecular weight is 410 g/mol. The van der Waals surface area contributed by atoms with Gasteiger partial charge in [-0.1, -0.05) is 54.2 Å². The zero-order chi connectivity index (χ0) is 20.8. The van der Waals surface area contributed by atoms with Gasteiger partial charge in [0.2, 0.25) is 5.91 Å². The second kappa shape index (κ2) is 9.52. The molecule has 0 aliphatic rings. The number of ketones is 1. The minimum absolute atomic E-state index is 0.0728. The summed E-state index contributed by atoms with van der Waals surface area (Å²) >= 11 is 1.20. The lowest BCUT2D eigenvalue weighted by Crippen LogP contribution is -2.42. The number of hydrogen-bond acceptors (Lipinski definition) is 5. The smallest absolute Gasteiger partial charge is 0.262 e. The highest BCUT2D eigenvalue weighted by atomic mass is 32.2. The van der Waals surface area contributed by atoms with Crippen LogP contribution in [0.15, 0.2) is 64.5 Å². The van der Waals surface area contributed by atoms with Crippen molar-refractivity contribution < 1.29 is 9.59 Å². The molecule has 29 heavy (non-hydrogen) atoms. The number of rotatable bonds is 8. The molecular weight excluding hydrogens is 386 g/mol. The topological polar surface area (TPSA) is 81.1 Å². The van der Waals surface area contributed by atoms with Crippen LogP contribution in [0.5, 0.6) is 0 Å². The monoisotopic (exact) mass is 409 g/mol. The van der Waals surface area contributed by atoms with E-state index in [1.54, 1.807) is 22.8 Å². The van der Waals surface area contributed by atoms with E-state index in [0.717, 1.165) is 5.56 Å². The van der Waals surface area contributed by atoms with Gasteiger partial charge < -0.3 is 5.32 Å². The van der Waals surface area contributed by atoms with E-state index in [1.165, 1.54) is 18.7 Å². The molecule has 1 aromatic heterocycles. The molecule has 3 rings (SSSR count). The molecule has 0 aliphatic heterocycles. The summed E-state index contributed by atoms with van der Waals surface area (Å²) in [6.07, 6.45) is 0.445. The zero-order valence-electron chi connectivity index (χ0n) is 16.4. The molecule has 1 N–H and O–H groups in total. The van der Waals surface area contributed by atoms with Gasteiger partial charge in [-0.2, -0.15) is 0 Å². The van der Waals surface area contributed by atoms with E-state index in [1.807, 2.05) is 43.3 Å². The summed E-state index contributed by atoms with van der Waals surface area (Å²) in [4.78, 5) is 41.6. The second-order valence-electron chi connectivity index (χ2n) is 6.67. The Hall–Kier alpha value is -2.93. The highest BCUT2D eigenvalue weighted by Gasteiger charge is 2.19. The maximum atomic E-state index is 12.7. The van der Waals surface area contributed by atoms with E-state index in [2.05, 4.69) is 10.3 Å². The fourth-order valence-corrected chi connectivity index (χ4v) is 3.92. The number of carbonyl (C=O) groups excluding carboxylic acids is 2. The molecule has 1 atom stereocenters. The first-order valence-corrected chi connectivity index (χ1v) is 10.4. The van der Waals surface area contributed by atoms with Crippen LogP contribution >= 0.6 is 11.8 Å². The van der Waals surface area contributed by atoms with Gasteiger partial charge >= 0.3 is 0 Å². The van der Waals surface area contributed by atoms with Gasteiger partial charge in [0.25, 0.3) is 5.56 Å². The molecule has 0 fully saturated rings. The average Bonchev–Trinajstić information content (AvgIpc) is 2.72. The van der Waals surface area contributed by atoms with E-state index in [0.29, 0.717) is 29.0 Å². The number of Topliss-reactive ketones (excluding diaryl/α,β-unsaturated/α-hetero) is 1. The highest BCUT2D eigenvalue weighted by molar-refractivity contribution is 7.99. The standard InChI is InChI=1S/C22H23N3O3S/c1-3-25-21(28)17-11-7-8-12-18(17)24-22(25)29-14-20(27)23-19(15(2)26)13-16-9-5-4-6-10-16/h4-12,19H,3,13-14H2,1-2H3,(H,23,27)/t19-/m1/s1. The Balaban J connectivity index is 1.71. The van der Waals surface area contributed by atoms with Gasteiger partial charge in [0.05, 0.1) is 22.7 Å². The third kappa shape index (κ3) is 5.12. The molecular formula is C22H23N3O3S. The summed E-state index contributed by atoms with van der Waals surface area (Å²) in [5.41, 5.74) is 1.47. The summed E-state index contributed by atoms with van der Waals surface area (Å²) < 4.78 is 1.56. The molecule has 1 amide bonds. The van der Waals surface area contributed by atoms with Crippen LogP contribution in [0, 0.1) is 0 Å². The summed E-state index contributed by atoms with van der Waals surface area (Å²) in [6.45, 7) is 3.80. The van der Waals surface area contributed by atoms with Crippen molar-refractivity contribution in [2.75, 3.05) is 5.75 Å². The van der Waals surface area contributed by atoms with Crippen molar-refractivity contribution in [1.82, 2.24) is 14.9 Å². The SMILES string of the molecule is CCn1c(SCC(=O)N[C@H](Cc2ccccc2)C(C)=O)nc2ccccc2c1=O. The lowest BCUT2D eigenvalue weighted by Gasteiger charge is -2.16. The first-order chi connectivity index (χ1) is 14.0. The molecule has 150 valence electrons. The van der Waals surface area contributed by atoms with E-state index in [-0.39, 0.29) is 23.0 Å². The summed E-state index contributed by atoms with van der Waals surface area (Å²) in [5.74, 6) is -0.290. The van der Waals surface area contributed by atoms with Crippen molar-refractivity contribution in [2.24, 2.45) is 0 Å². The van der Waals surface area contributed by atoms with Crippen molar-refractivity contribution in [3.63, 3.8) is 0 Å². The highest BCUT2D eigenvalue weighted by Crippen LogP contribution is 2.17. The van der Waals surface area contributed by atoms with Gasteiger partial charge in [0.15, 0.2) is 10.9 Å². The molecule has 0 spiro atoms. The van der Waals surface area contributed by atoms with E-state index >= 15 is 0 Å². The largest absolute Gasteiger partial charge is 0.345 e. The Labute approximate surface area is 173 Å². The Morgan fingerprint density at radius 2 is 1.79 bits per heavy atom. The van der Waals surface area contributed by atoms with Crippen LogP contribution in [0.3, 0.4) is 0 Å². The number of fused-ring (bicyclic) bond motifs is 1. The molecule has 0 bridgehead atoms. The Morgan fingerprint density at radius 1 is 1.10 bits per heavy atom. The molecule has 0 radical (unpaired) electrons. The molecule has 1 heterocycles. The van der Waals surface area contributed by atoms with Crippen LogP contribution in [0.4, 0.5) is 0 Å². The maximum absolute atomic E-state index is 12.7. The molecule has 2 aromatic carbocycles. The van der Waals surface area contributed by atoms with Crippen LogP contribution in [-0.4, -0.2) is 33.0 Å². The molecule has 0 saturated carbocycles. The van der Waals surface area contributed by atoms with Crippen LogP contribution in [0.1, 0.15) is 19.4 Å². The summed E-state index contributed by atoms with van der Waals surface area (Å²) in [6, 6.07) is 16.2. The number of nitrogens with one attached hydrogen (secondary N) is 1. The zero-order valence-corrected chi connectivity index (χ0v) is 17.2. The lowest BCUT2D eigenvalue weighted by molar-refractivity contribution is -0.125. The fourth-order valence-electron chi connectivity index (χ4n) is 3.05. The first-order valence-electron chi connectivity index (χ1n) is 9.45. The minimum atomic E-state index is -0.580. The number of amides is 1. The number of aromatic nitrogens is 2. The number of para-hydroxylation sites is 1. The Kier molecular flexibility index (Phi) is 6.82. The van der Waals surface area contributed by atoms with Gasteiger partial charge in [-0.15, -0.1) is 0 Å². The lowest BCUT2D eigenvalue weighted by atomic mass is 10.0. The Morgan fingerprint density at radius 3 is 2.48 bits per heavy atom. The third-order valence-corrected chi connectivity index (χ3v) is 5.56. The first kappa shape index (κ1) is 20.8. The van der Waals surface area contributed by atoms with Crippen molar-refractivity contribution in [3.05, 3.63) is 70.5 Å². The number of nitrogens with zero attached hydrogens (tertiary/aromatic N) is 2. The van der Waals surface area contributed by atoms with Crippen LogP contribution in [-0.2, 0) is 22.6 Å². The third-order valence-electron chi connectivity index (χ3n) is 4.58. The van der Waals surface area contributed by atoms with Crippen molar-refractivity contribution in [3.8, 4) is 0 Å². The van der Waals surface area contributed by atoms with Gasteiger partial charge in [0.1, 0.15) is 0 Å². The minimum Gasteiger partial charge on any atom is -0.345 e. The molecule has 0 aliphatic carbocycles. The van der Waals surface area contributed by atoms with Gasteiger partial charge in [-0.05, 0) is 38.0 Å². The predicted molar refractivity (Wildman–Crippen MR) is 115 cm³/mol. The normalized spacial score (nSPS) is 11.9. The van der Waals surface area contributed by atoms with Gasteiger partial charge in [0, 0.05) is 6.54 Å². The van der Waals surface area contributed by atoms with Crippen LogP contribution < -0.4 is 10.9 Å². The van der Waals surface area contributed by atoms with Crippen LogP contribution in [0.2, 0.25) is 0 Å². The summed E-state index contributed by atoms with van der Waals surface area (Å²) in [5, 5.41) is 3.85. The van der Waals surface area contributed by atoms with Crippen LogP contribution in [0.25, 0.3) is 10.9 Å². The van der Waals surface area contributed by atoms with E-state index in [4.69, 9.17) is 0 Å². The Bertz CT molecular complexity index is 1080. The van der Waals surface area contributed by atoms with Crippen molar-refractivity contribution in [2.45, 2.75) is 38.0 Å². The quantitative estimate of drug-likeness (QED) is 0.457. The van der Waals surface area contributed by atoms with Crippen molar-refractivity contribution in [1.29, 1.82) is 0 Å². The fraction of sp³-hybridized carbons (Fsp3) is 0.273. The molecule has 3 aromatic rings. The molecule has 0 unspecified atom stereocenters. The number of thioether (sulfide) groups is 1. The summed E-state index contributed by atoms with van der Waals surface area (Å²) in [7, 11) is 0. The van der Waals surface area contributed by atoms with E-state index < -0.39 is 6.04 Å². The van der Waals surface area contributed by atoms with Gasteiger partial charge in [-0.3, -0.25) is 19.0 Å². The number of benzene rings is 2. The second-order valence-corrected chi connectivity index (χ2v) is 7.61.